The van der Waals surface area contributed by atoms with Gasteiger partial charge in [-0.05, 0) is 36.8 Å². The smallest absolute Gasteiger partial charge is 0.248 e. The molecule has 0 aliphatic heterocycles. The van der Waals surface area contributed by atoms with Crippen LogP contribution in [-0.2, 0) is 6.54 Å². The zero-order valence-electron chi connectivity index (χ0n) is 11.6. The third kappa shape index (κ3) is 3.86. The first kappa shape index (κ1) is 15.1. The number of rotatable bonds is 5. The Morgan fingerprint density at radius 3 is 2.62 bits per heavy atom. The van der Waals surface area contributed by atoms with Crippen molar-refractivity contribution in [2.75, 3.05) is 0 Å². The molecule has 0 saturated carbocycles. The average molecular weight is 290 g/mol. The van der Waals surface area contributed by atoms with Gasteiger partial charge in [-0.3, -0.25) is 4.79 Å². The second kappa shape index (κ2) is 6.45. The molecule has 3 nitrogen and oxygen atoms in total. The molecule has 2 aromatic carbocycles. The highest BCUT2D eigenvalue weighted by Gasteiger charge is 2.10. The summed E-state index contributed by atoms with van der Waals surface area (Å²) in [5.41, 5.74) is 6.42. The standard InChI is InChI=1S/C16H16F2N2O/c1-10(11-3-2-4-14(17)7-11)20-9-13-6-5-12(16(19)21)8-15(13)18/h2-8,10,20H,9H2,1H3,(H2,19,21)/t10-/m0/s1. The second-order valence-corrected chi connectivity index (χ2v) is 4.83. The summed E-state index contributed by atoms with van der Waals surface area (Å²) in [5, 5.41) is 3.11. The van der Waals surface area contributed by atoms with Gasteiger partial charge in [-0.25, -0.2) is 8.78 Å². The van der Waals surface area contributed by atoms with Crippen molar-refractivity contribution in [2.45, 2.75) is 19.5 Å². The van der Waals surface area contributed by atoms with Crippen LogP contribution in [0.5, 0.6) is 0 Å². The molecule has 0 fully saturated rings. The molecule has 110 valence electrons. The molecular weight excluding hydrogens is 274 g/mol. The largest absolute Gasteiger partial charge is 0.366 e. The van der Waals surface area contributed by atoms with Crippen molar-refractivity contribution in [3.63, 3.8) is 0 Å². The van der Waals surface area contributed by atoms with E-state index in [1.165, 1.54) is 24.3 Å². The van der Waals surface area contributed by atoms with Crippen LogP contribution in [0.4, 0.5) is 8.78 Å². The quantitative estimate of drug-likeness (QED) is 0.889. The van der Waals surface area contributed by atoms with E-state index in [9.17, 15) is 13.6 Å². The number of carbonyl (C=O) groups is 1. The fourth-order valence-electron chi connectivity index (χ4n) is 2.00. The number of benzene rings is 2. The molecule has 5 heteroatoms. The number of nitrogens with two attached hydrogens (primary N) is 1. The first-order valence-electron chi connectivity index (χ1n) is 6.54. The third-order valence-electron chi connectivity index (χ3n) is 3.28. The maximum absolute atomic E-state index is 13.8. The number of halogens is 2. The second-order valence-electron chi connectivity index (χ2n) is 4.83. The average Bonchev–Trinajstić information content (AvgIpc) is 2.45. The molecule has 21 heavy (non-hydrogen) atoms. The van der Waals surface area contributed by atoms with Crippen LogP contribution in [0, 0.1) is 11.6 Å². The molecule has 0 unspecified atom stereocenters. The lowest BCUT2D eigenvalue weighted by Gasteiger charge is -2.15. The van der Waals surface area contributed by atoms with Gasteiger partial charge in [-0.2, -0.15) is 0 Å². The third-order valence-corrected chi connectivity index (χ3v) is 3.28. The SMILES string of the molecule is C[C@H](NCc1ccc(C(N)=O)cc1F)c1cccc(F)c1. The Labute approximate surface area is 121 Å². The van der Waals surface area contributed by atoms with Gasteiger partial charge in [0.15, 0.2) is 0 Å². The summed E-state index contributed by atoms with van der Waals surface area (Å²) < 4.78 is 27.0. The molecule has 0 radical (unpaired) electrons. The molecule has 2 aromatic rings. The Kier molecular flexibility index (Phi) is 4.65. The summed E-state index contributed by atoms with van der Waals surface area (Å²) >= 11 is 0. The first-order valence-corrected chi connectivity index (χ1v) is 6.54. The molecule has 0 aliphatic carbocycles. The molecule has 0 aromatic heterocycles. The van der Waals surface area contributed by atoms with E-state index in [1.54, 1.807) is 12.1 Å². The monoisotopic (exact) mass is 290 g/mol. The Morgan fingerprint density at radius 2 is 2.00 bits per heavy atom. The van der Waals surface area contributed by atoms with Gasteiger partial charge in [0.2, 0.25) is 5.91 Å². The Morgan fingerprint density at radius 1 is 1.24 bits per heavy atom. The number of hydrogen-bond donors (Lipinski definition) is 2. The van der Waals surface area contributed by atoms with Gasteiger partial charge in [0.25, 0.3) is 0 Å². The molecule has 3 N–H and O–H groups in total. The van der Waals surface area contributed by atoms with Crippen LogP contribution in [-0.4, -0.2) is 5.91 Å². The lowest BCUT2D eigenvalue weighted by Crippen LogP contribution is -2.19. The number of primary amides is 1. The summed E-state index contributed by atoms with van der Waals surface area (Å²) in [6.07, 6.45) is 0. The lowest BCUT2D eigenvalue weighted by molar-refractivity contribution is 0.1000. The molecule has 1 atom stereocenters. The topological polar surface area (TPSA) is 55.1 Å². The van der Waals surface area contributed by atoms with Gasteiger partial charge >= 0.3 is 0 Å². The Balaban J connectivity index is 2.04. The molecular formula is C16H16F2N2O. The van der Waals surface area contributed by atoms with Crippen LogP contribution >= 0.6 is 0 Å². The normalized spacial score (nSPS) is 12.1. The number of carbonyl (C=O) groups excluding carboxylic acids is 1. The van der Waals surface area contributed by atoms with Gasteiger partial charge in [0.1, 0.15) is 11.6 Å². The maximum atomic E-state index is 13.8. The summed E-state index contributed by atoms with van der Waals surface area (Å²) in [5.74, 6) is -1.47. The van der Waals surface area contributed by atoms with Gasteiger partial charge in [0, 0.05) is 23.7 Å². The zero-order valence-corrected chi connectivity index (χ0v) is 11.6. The van der Waals surface area contributed by atoms with Gasteiger partial charge in [-0.1, -0.05) is 18.2 Å². The van der Waals surface area contributed by atoms with Crippen molar-refractivity contribution in [1.82, 2.24) is 5.32 Å². The molecule has 0 aliphatic rings. The molecule has 1 amide bonds. The molecule has 0 heterocycles. The highest BCUT2D eigenvalue weighted by Crippen LogP contribution is 2.16. The zero-order chi connectivity index (χ0) is 15.4. The van der Waals surface area contributed by atoms with Crippen molar-refractivity contribution in [3.05, 3.63) is 70.8 Å². The number of hydrogen-bond acceptors (Lipinski definition) is 2. The predicted octanol–water partition coefficient (Wildman–Crippen LogP) is 2.91. The molecule has 2 rings (SSSR count). The van der Waals surface area contributed by atoms with E-state index in [1.807, 2.05) is 6.92 Å². The van der Waals surface area contributed by atoms with Crippen LogP contribution in [0.1, 0.15) is 34.5 Å². The van der Waals surface area contributed by atoms with Crippen LogP contribution in [0.2, 0.25) is 0 Å². The van der Waals surface area contributed by atoms with Crippen molar-refractivity contribution < 1.29 is 13.6 Å². The van der Waals surface area contributed by atoms with E-state index >= 15 is 0 Å². The van der Waals surface area contributed by atoms with E-state index in [2.05, 4.69) is 5.32 Å². The van der Waals surface area contributed by atoms with Crippen LogP contribution in [0.15, 0.2) is 42.5 Å². The Hall–Kier alpha value is -2.27. The van der Waals surface area contributed by atoms with E-state index in [-0.39, 0.29) is 24.0 Å². The Bertz CT molecular complexity index is 658. The van der Waals surface area contributed by atoms with Gasteiger partial charge in [-0.15, -0.1) is 0 Å². The summed E-state index contributed by atoms with van der Waals surface area (Å²) in [7, 11) is 0. The summed E-state index contributed by atoms with van der Waals surface area (Å²) in [6, 6.07) is 10.2. The molecule has 0 saturated heterocycles. The van der Waals surface area contributed by atoms with Gasteiger partial charge in [0.05, 0.1) is 0 Å². The fraction of sp³-hybridized carbons (Fsp3) is 0.188. The summed E-state index contributed by atoms with van der Waals surface area (Å²) in [6.45, 7) is 2.13. The highest BCUT2D eigenvalue weighted by atomic mass is 19.1. The van der Waals surface area contributed by atoms with Crippen LogP contribution in [0.3, 0.4) is 0 Å². The van der Waals surface area contributed by atoms with E-state index in [0.29, 0.717) is 5.56 Å². The van der Waals surface area contributed by atoms with Crippen molar-refractivity contribution in [2.24, 2.45) is 5.73 Å². The number of nitrogens with one attached hydrogen (secondary N) is 1. The summed E-state index contributed by atoms with van der Waals surface area (Å²) in [4.78, 5) is 11.0. The van der Waals surface area contributed by atoms with E-state index in [4.69, 9.17) is 5.73 Å². The number of amides is 1. The predicted molar refractivity (Wildman–Crippen MR) is 76.6 cm³/mol. The van der Waals surface area contributed by atoms with Crippen LogP contribution < -0.4 is 11.1 Å². The van der Waals surface area contributed by atoms with E-state index < -0.39 is 11.7 Å². The van der Waals surface area contributed by atoms with Gasteiger partial charge < -0.3 is 11.1 Å². The van der Waals surface area contributed by atoms with Crippen LogP contribution in [0.25, 0.3) is 0 Å². The highest BCUT2D eigenvalue weighted by molar-refractivity contribution is 5.92. The van der Waals surface area contributed by atoms with E-state index in [0.717, 1.165) is 11.6 Å². The van der Waals surface area contributed by atoms with Crippen molar-refractivity contribution in [1.29, 1.82) is 0 Å². The molecule has 0 bridgehead atoms. The fourth-order valence-corrected chi connectivity index (χ4v) is 2.00. The molecule has 0 spiro atoms. The minimum Gasteiger partial charge on any atom is -0.366 e. The minimum absolute atomic E-state index is 0.129. The first-order chi connectivity index (χ1) is 9.97. The maximum Gasteiger partial charge on any atom is 0.248 e. The van der Waals surface area contributed by atoms with Crippen molar-refractivity contribution in [3.8, 4) is 0 Å². The van der Waals surface area contributed by atoms with Crippen molar-refractivity contribution >= 4 is 5.91 Å². The lowest BCUT2D eigenvalue weighted by atomic mass is 10.1. The minimum atomic E-state index is -0.665.